The van der Waals surface area contributed by atoms with Gasteiger partial charge in [-0.25, -0.2) is 0 Å². The number of hydrogen-bond acceptors (Lipinski definition) is 2. The van der Waals surface area contributed by atoms with Crippen molar-refractivity contribution in [1.29, 1.82) is 0 Å². The third-order valence-electron chi connectivity index (χ3n) is 6.39. The van der Waals surface area contributed by atoms with Gasteiger partial charge in [-0.15, -0.1) is 0 Å². The van der Waals surface area contributed by atoms with Crippen molar-refractivity contribution in [2.75, 3.05) is 6.54 Å². The lowest BCUT2D eigenvalue weighted by molar-refractivity contribution is 0.0567. The first kappa shape index (κ1) is 13.6. The SMILES string of the molecule is CC12CC1C1(CN(Cc3ccccc3)Cc3ccc(=O)[nH]c31)C2. The standard InChI is InChI=1S/C20H22N2O/c1-19-9-16(19)20(12-19)13-22(10-14-5-3-2-4-6-14)11-15-7-8-17(23)21-18(15)20/h2-8,16H,9-13H2,1H3,(H,21,23). The van der Waals surface area contributed by atoms with Crippen LogP contribution in [-0.2, 0) is 18.5 Å². The van der Waals surface area contributed by atoms with Gasteiger partial charge in [0.2, 0.25) is 5.56 Å². The van der Waals surface area contributed by atoms with Crippen LogP contribution in [0.4, 0.5) is 0 Å². The van der Waals surface area contributed by atoms with E-state index in [2.05, 4.69) is 47.1 Å². The Bertz CT molecular complexity index is 827. The number of nitrogens with one attached hydrogen (secondary N) is 1. The van der Waals surface area contributed by atoms with Crippen LogP contribution >= 0.6 is 0 Å². The molecule has 3 aliphatic rings. The first-order valence-corrected chi connectivity index (χ1v) is 8.58. The van der Waals surface area contributed by atoms with E-state index in [1.165, 1.54) is 29.7 Å². The van der Waals surface area contributed by atoms with Gasteiger partial charge in [-0.1, -0.05) is 43.3 Å². The maximum atomic E-state index is 11.9. The summed E-state index contributed by atoms with van der Waals surface area (Å²) in [6, 6.07) is 14.4. The minimum Gasteiger partial charge on any atom is -0.325 e. The molecule has 1 N–H and O–H groups in total. The molecule has 0 bridgehead atoms. The van der Waals surface area contributed by atoms with Crippen molar-refractivity contribution in [2.24, 2.45) is 11.3 Å². The van der Waals surface area contributed by atoms with E-state index in [0.29, 0.717) is 5.41 Å². The van der Waals surface area contributed by atoms with Crippen LogP contribution in [-0.4, -0.2) is 16.4 Å². The number of hydrogen-bond donors (Lipinski definition) is 1. The van der Waals surface area contributed by atoms with Crippen LogP contribution in [0.1, 0.15) is 36.6 Å². The van der Waals surface area contributed by atoms with Gasteiger partial charge in [0.1, 0.15) is 0 Å². The number of nitrogens with zero attached hydrogens (tertiary/aromatic N) is 1. The summed E-state index contributed by atoms with van der Waals surface area (Å²) in [5.74, 6) is 0.755. The van der Waals surface area contributed by atoms with Crippen LogP contribution in [0.25, 0.3) is 0 Å². The van der Waals surface area contributed by atoms with Crippen LogP contribution in [0.5, 0.6) is 0 Å². The van der Waals surface area contributed by atoms with Crippen LogP contribution in [0.15, 0.2) is 47.3 Å². The molecule has 2 fully saturated rings. The van der Waals surface area contributed by atoms with Crippen LogP contribution in [0.3, 0.4) is 0 Å². The Kier molecular flexibility index (Phi) is 2.57. The Morgan fingerprint density at radius 2 is 2.04 bits per heavy atom. The summed E-state index contributed by atoms with van der Waals surface area (Å²) in [5.41, 5.74) is 4.72. The molecule has 0 saturated heterocycles. The molecule has 118 valence electrons. The quantitative estimate of drug-likeness (QED) is 0.925. The van der Waals surface area contributed by atoms with E-state index >= 15 is 0 Å². The number of aromatic nitrogens is 1. The van der Waals surface area contributed by atoms with Crippen LogP contribution < -0.4 is 5.56 Å². The third kappa shape index (κ3) is 1.89. The Labute approximate surface area is 136 Å². The summed E-state index contributed by atoms with van der Waals surface area (Å²) in [5, 5.41) is 0. The highest BCUT2D eigenvalue weighted by Gasteiger charge is 2.73. The molecule has 2 aliphatic carbocycles. The van der Waals surface area contributed by atoms with Crippen molar-refractivity contribution >= 4 is 0 Å². The summed E-state index contributed by atoms with van der Waals surface area (Å²) in [6.45, 7) is 5.41. The minimum absolute atomic E-state index is 0.0499. The average Bonchev–Trinajstić information content (AvgIpc) is 3.12. The number of pyridine rings is 1. The molecule has 3 unspecified atom stereocenters. The average molecular weight is 306 g/mol. The van der Waals surface area contributed by atoms with Gasteiger partial charge in [-0.2, -0.15) is 0 Å². The molecular weight excluding hydrogens is 284 g/mol. The first-order chi connectivity index (χ1) is 11.1. The summed E-state index contributed by atoms with van der Waals surface area (Å²) in [7, 11) is 0. The molecule has 1 aliphatic heterocycles. The fourth-order valence-electron chi connectivity index (χ4n) is 5.42. The van der Waals surface area contributed by atoms with Gasteiger partial charge in [0.25, 0.3) is 0 Å². The monoisotopic (exact) mass is 306 g/mol. The lowest BCUT2D eigenvalue weighted by atomic mass is 9.58. The Hall–Kier alpha value is -1.87. The Morgan fingerprint density at radius 1 is 1.22 bits per heavy atom. The van der Waals surface area contributed by atoms with E-state index in [1.807, 2.05) is 6.07 Å². The zero-order valence-electron chi connectivity index (χ0n) is 13.5. The van der Waals surface area contributed by atoms with Gasteiger partial charge in [0, 0.05) is 36.8 Å². The highest BCUT2D eigenvalue weighted by molar-refractivity contribution is 5.41. The predicted molar refractivity (Wildman–Crippen MR) is 90.1 cm³/mol. The van der Waals surface area contributed by atoms with E-state index < -0.39 is 0 Å². The topological polar surface area (TPSA) is 36.1 Å². The fraction of sp³-hybridized carbons (Fsp3) is 0.450. The molecule has 1 aromatic carbocycles. The second-order valence-corrected chi connectivity index (χ2v) is 8.10. The first-order valence-electron chi connectivity index (χ1n) is 8.58. The van der Waals surface area contributed by atoms with E-state index in [0.717, 1.165) is 25.6 Å². The van der Waals surface area contributed by atoms with E-state index in [9.17, 15) is 4.79 Å². The lowest BCUT2D eigenvalue weighted by Crippen LogP contribution is -2.54. The van der Waals surface area contributed by atoms with Crippen molar-refractivity contribution in [3.05, 3.63) is 69.6 Å². The maximum Gasteiger partial charge on any atom is 0.248 e. The molecule has 0 amide bonds. The number of fused-ring (bicyclic) bond motifs is 4. The van der Waals surface area contributed by atoms with Gasteiger partial charge in [-0.05, 0) is 35.3 Å². The number of benzene rings is 1. The molecule has 2 heterocycles. The summed E-state index contributed by atoms with van der Waals surface area (Å²) in [4.78, 5) is 17.6. The zero-order valence-corrected chi connectivity index (χ0v) is 13.5. The van der Waals surface area contributed by atoms with Gasteiger partial charge in [-0.3, -0.25) is 9.69 Å². The Morgan fingerprint density at radius 3 is 2.74 bits per heavy atom. The molecule has 2 saturated carbocycles. The third-order valence-corrected chi connectivity index (χ3v) is 6.39. The molecule has 1 aromatic heterocycles. The molecule has 1 spiro atoms. The summed E-state index contributed by atoms with van der Waals surface area (Å²) >= 11 is 0. The smallest absolute Gasteiger partial charge is 0.248 e. The summed E-state index contributed by atoms with van der Waals surface area (Å²) < 4.78 is 0. The zero-order chi connectivity index (χ0) is 15.7. The van der Waals surface area contributed by atoms with Gasteiger partial charge in [0.15, 0.2) is 0 Å². The number of rotatable bonds is 2. The largest absolute Gasteiger partial charge is 0.325 e. The maximum absolute atomic E-state index is 11.9. The van der Waals surface area contributed by atoms with Crippen molar-refractivity contribution in [1.82, 2.24) is 9.88 Å². The van der Waals surface area contributed by atoms with Crippen molar-refractivity contribution in [3.8, 4) is 0 Å². The van der Waals surface area contributed by atoms with Gasteiger partial charge >= 0.3 is 0 Å². The van der Waals surface area contributed by atoms with E-state index in [1.54, 1.807) is 6.07 Å². The van der Waals surface area contributed by atoms with Crippen molar-refractivity contribution < 1.29 is 0 Å². The molecular formula is C20H22N2O. The van der Waals surface area contributed by atoms with Gasteiger partial charge in [0.05, 0.1) is 0 Å². The lowest BCUT2D eigenvalue weighted by Gasteiger charge is -2.52. The molecule has 2 aromatic rings. The Balaban J connectivity index is 1.52. The summed E-state index contributed by atoms with van der Waals surface area (Å²) in [6.07, 6.45) is 2.55. The second-order valence-electron chi connectivity index (χ2n) is 8.10. The van der Waals surface area contributed by atoms with E-state index in [-0.39, 0.29) is 11.0 Å². The van der Waals surface area contributed by atoms with Crippen molar-refractivity contribution in [2.45, 2.75) is 38.3 Å². The molecule has 23 heavy (non-hydrogen) atoms. The van der Waals surface area contributed by atoms with E-state index in [4.69, 9.17) is 0 Å². The number of aromatic amines is 1. The van der Waals surface area contributed by atoms with Crippen molar-refractivity contribution in [3.63, 3.8) is 0 Å². The minimum atomic E-state index is 0.0499. The molecule has 3 atom stereocenters. The predicted octanol–water partition coefficient (Wildman–Crippen LogP) is 3.06. The second kappa shape index (κ2) is 4.35. The highest BCUT2D eigenvalue weighted by atomic mass is 16.1. The highest BCUT2D eigenvalue weighted by Crippen LogP contribution is 2.77. The normalized spacial score (nSPS) is 34.6. The van der Waals surface area contributed by atoms with Crippen LogP contribution in [0, 0.1) is 11.3 Å². The fourth-order valence-corrected chi connectivity index (χ4v) is 5.42. The van der Waals surface area contributed by atoms with Gasteiger partial charge < -0.3 is 4.98 Å². The number of H-pyrrole nitrogens is 1. The molecule has 5 rings (SSSR count). The van der Waals surface area contributed by atoms with Crippen LogP contribution in [0.2, 0.25) is 0 Å². The molecule has 0 radical (unpaired) electrons. The molecule has 3 nitrogen and oxygen atoms in total. The molecule has 3 heteroatoms.